The summed E-state index contributed by atoms with van der Waals surface area (Å²) in [6.07, 6.45) is 7.41. The lowest BCUT2D eigenvalue weighted by atomic mass is 9.99. The van der Waals surface area contributed by atoms with Gasteiger partial charge in [0.05, 0.1) is 23.4 Å². The Bertz CT molecular complexity index is 770. The SMILES string of the molecule is Cn1cc(CN[C@@H]2CCO[C@@H](C3CC3)C2)c(-c2ccc(C#N)cc2)n1. The van der Waals surface area contributed by atoms with Gasteiger partial charge in [-0.2, -0.15) is 10.4 Å². The molecule has 2 heterocycles. The van der Waals surface area contributed by atoms with Crippen molar-refractivity contribution in [1.82, 2.24) is 15.1 Å². The monoisotopic (exact) mass is 336 g/mol. The lowest BCUT2D eigenvalue weighted by molar-refractivity contribution is -0.0113. The fourth-order valence-corrected chi connectivity index (χ4v) is 3.68. The Morgan fingerprint density at radius 3 is 2.80 bits per heavy atom. The van der Waals surface area contributed by atoms with Crippen LogP contribution in [-0.4, -0.2) is 28.5 Å². The van der Waals surface area contributed by atoms with Crippen molar-refractivity contribution in [2.24, 2.45) is 13.0 Å². The van der Waals surface area contributed by atoms with E-state index in [2.05, 4.69) is 22.7 Å². The first kappa shape index (κ1) is 16.3. The first-order chi connectivity index (χ1) is 12.2. The molecule has 0 amide bonds. The topological polar surface area (TPSA) is 62.9 Å². The second kappa shape index (κ2) is 6.99. The Morgan fingerprint density at radius 2 is 2.08 bits per heavy atom. The van der Waals surface area contributed by atoms with Crippen molar-refractivity contribution in [1.29, 1.82) is 5.26 Å². The highest BCUT2D eigenvalue weighted by molar-refractivity contribution is 5.63. The molecule has 0 bridgehead atoms. The maximum atomic E-state index is 8.96. The first-order valence-electron chi connectivity index (χ1n) is 9.11. The second-order valence-corrected chi connectivity index (χ2v) is 7.21. The molecule has 0 spiro atoms. The van der Waals surface area contributed by atoms with Crippen molar-refractivity contribution in [2.45, 2.75) is 44.4 Å². The van der Waals surface area contributed by atoms with Crippen LogP contribution in [-0.2, 0) is 18.3 Å². The van der Waals surface area contributed by atoms with Crippen molar-refractivity contribution in [3.63, 3.8) is 0 Å². The maximum absolute atomic E-state index is 8.96. The van der Waals surface area contributed by atoms with Gasteiger partial charge in [0.15, 0.2) is 0 Å². The number of rotatable bonds is 5. The van der Waals surface area contributed by atoms with Gasteiger partial charge in [0.1, 0.15) is 0 Å². The summed E-state index contributed by atoms with van der Waals surface area (Å²) in [4.78, 5) is 0. The molecule has 2 atom stereocenters. The fraction of sp³-hybridized carbons (Fsp3) is 0.500. The van der Waals surface area contributed by atoms with Crippen LogP contribution in [0.1, 0.15) is 36.8 Å². The zero-order valence-corrected chi connectivity index (χ0v) is 14.6. The van der Waals surface area contributed by atoms with E-state index < -0.39 is 0 Å². The predicted octanol–water partition coefficient (Wildman–Crippen LogP) is 3.01. The van der Waals surface area contributed by atoms with Gasteiger partial charge in [0.2, 0.25) is 0 Å². The maximum Gasteiger partial charge on any atom is 0.0991 e. The summed E-state index contributed by atoms with van der Waals surface area (Å²) in [6, 6.07) is 10.3. The van der Waals surface area contributed by atoms with E-state index in [0.29, 0.717) is 17.7 Å². The Morgan fingerprint density at radius 1 is 1.28 bits per heavy atom. The summed E-state index contributed by atoms with van der Waals surface area (Å²) in [5.41, 5.74) is 3.92. The molecule has 1 saturated heterocycles. The lowest BCUT2D eigenvalue weighted by Crippen LogP contribution is -2.39. The summed E-state index contributed by atoms with van der Waals surface area (Å²) in [6.45, 7) is 1.68. The molecule has 5 nitrogen and oxygen atoms in total. The number of nitrogens with one attached hydrogen (secondary N) is 1. The minimum atomic E-state index is 0.457. The van der Waals surface area contributed by atoms with Crippen LogP contribution in [0.4, 0.5) is 0 Å². The van der Waals surface area contributed by atoms with Gasteiger partial charge in [0.25, 0.3) is 0 Å². The van der Waals surface area contributed by atoms with E-state index in [1.165, 1.54) is 18.4 Å². The summed E-state index contributed by atoms with van der Waals surface area (Å²) in [7, 11) is 1.95. The van der Waals surface area contributed by atoms with Crippen molar-refractivity contribution >= 4 is 0 Å². The molecule has 0 radical (unpaired) electrons. The molecular formula is C20H24N4O. The molecule has 2 fully saturated rings. The Hall–Kier alpha value is -2.16. The molecule has 0 unspecified atom stereocenters. The zero-order valence-electron chi connectivity index (χ0n) is 14.6. The van der Waals surface area contributed by atoms with Gasteiger partial charge >= 0.3 is 0 Å². The average Bonchev–Trinajstić information content (AvgIpc) is 3.43. The highest BCUT2D eigenvalue weighted by Crippen LogP contribution is 2.38. The van der Waals surface area contributed by atoms with Crippen LogP contribution in [0.5, 0.6) is 0 Å². The average molecular weight is 336 g/mol. The van der Waals surface area contributed by atoms with Crippen LogP contribution in [0, 0.1) is 17.2 Å². The number of aromatic nitrogens is 2. The fourth-order valence-electron chi connectivity index (χ4n) is 3.68. The quantitative estimate of drug-likeness (QED) is 0.912. The smallest absolute Gasteiger partial charge is 0.0991 e. The standard InChI is InChI=1S/C20H24N4O/c1-24-13-17(20(23-24)16-4-2-14(11-21)3-5-16)12-22-18-8-9-25-19(10-18)15-6-7-15/h2-5,13,15,18-19,22H,6-10,12H2,1H3/t18-,19-/m1/s1. The molecule has 25 heavy (non-hydrogen) atoms. The second-order valence-electron chi connectivity index (χ2n) is 7.21. The lowest BCUT2D eigenvalue weighted by Gasteiger charge is -2.30. The van der Waals surface area contributed by atoms with E-state index in [1.54, 1.807) is 0 Å². The molecule has 1 N–H and O–H groups in total. The van der Waals surface area contributed by atoms with Gasteiger partial charge < -0.3 is 10.1 Å². The van der Waals surface area contributed by atoms with Crippen LogP contribution in [0.25, 0.3) is 11.3 Å². The summed E-state index contributed by atoms with van der Waals surface area (Å²) in [5, 5.41) is 17.3. The van der Waals surface area contributed by atoms with Crippen LogP contribution in [0.3, 0.4) is 0 Å². The van der Waals surface area contributed by atoms with E-state index in [9.17, 15) is 0 Å². The van der Waals surface area contributed by atoms with Crippen LogP contribution < -0.4 is 5.32 Å². The number of hydrogen-bond donors (Lipinski definition) is 1. The van der Waals surface area contributed by atoms with Crippen molar-refractivity contribution in [3.8, 4) is 17.3 Å². The van der Waals surface area contributed by atoms with E-state index >= 15 is 0 Å². The van der Waals surface area contributed by atoms with Gasteiger partial charge in [-0.25, -0.2) is 0 Å². The summed E-state index contributed by atoms with van der Waals surface area (Å²) in [5.74, 6) is 0.803. The Kier molecular flexibility index (Phi) is 4.56. The molecule has 1 aromatic carbocycles. The summed E-state index contributed by atoms with van der Waals surface area (Å²) < 4.78 is 7.78. The Labute approximate surface area is 148 Å². The summed E-state index contributed by atoms with van der Waals surface area (Å²) >= 11 is 0. The van der Waals surface area contributed by atoms with Crippen LogP contribution in [0.2, 0.25) is 0 Å². The predicted molar refractivity (Wildman–Crippen MR) is 95.7 cm³/mol. The number of aryl methyl sites for hydroxylation is 1. The number of ether oxygens (including phenoxy) is 1. The van der Waals surface area contributed by atoms with E-state index in [1.807, 2.05) is 36.0 Å². The van der Waals surface area contributed by atoms with E-state index in [-0.39, 0.29) is 0 Å². The molecular weight excluding hydrogens is 312 g/mol. The van der Waals surface area contributed by atoms with Gasteiger partial charge in [-0.15, -0.1) is 0 Å². The largest absolute Gasteiger partial charge is 0.378 e. The minimum Gasteiger partial charge on any atom is -0.378 e. The molecule has 5 heteroatoms. The van der Waals surface area contributed by atoms with Crippen molar-refractivity contribution in [2.75, 3.05) is 6.61 Å². The van der Waals surface area contributed by atoms with E-state index in [0.717, 1.165) is 43.2 Å². The van der Waals surface area contributed by atoms with Crippen molar-refractivity contribution in [3.05, 3.63) is 41.6 Å². The number of benzene rings is 1. The van der Waals surface area contributed by atoms with Gasteiger partial charge in [-0.05, 0) is 43.7 Å². The molecule has 4 rings (SSSR count). The molecule has 1 aromatic heterocycles. The number of nitrogens with zero attached hydrogens (tertiary/aromatic N) is 3. The third kappa shape index (κ3) is 3.76. The third-order valence-corrected chi connectivity index (χ3v) is 5.24. The highest BCUT2D eigenvalue weighted by atomic mass is 16.5. The molecule has 2 aliphatic rings. The molecule has 1 aliphatic heterocycles. The van der Waals surface area contributed by atoms with E-state index in [4.69, 9.17) is 10.00 Å². The minimum absolute atomic E-state index is 0.457. The normalized spacial score (nSPS) is 23.4. The molecule has 2 aromatic rings. The van der Waals surface area contributed by atoms with Crippen LogP contribution in [0.15, 0.2) is 30.5 Å². The number of hydrogen-bond acceptors (Lipinski definition) is 4. The van der Waals surface area contributed by atoms with Crippen molar-refractivity contribution < 1.29 is 4.74 Å². The Balaban J connectivity index is 1.44. The molecule has 1 saturated carbocycles. The molecule has 1 aliphatic carbocycles. The van der Waals surface area contributed by atoms with Gasteiger partial charge in [0, 0.05) is 43.6 Å². The van der Waals surface area contributed by atoms with Crippen LogP contribution >= 0.6 is 0 Å². The van der Waals surface area contributed by atoms with Gasteiger partial charge in [-0.3, -0.25) is 4.68 Å². The zero-order chi connectivity index (χ0) is 17.2. The number of nitriles is 1. The highest BCUT2D eigenvalue weighted by Gasteiger charge is 2.35. The third-order valence-electron chi connectivity index (χ3n) is 5.24. The van der Waals surface area contributed by atoms with Gasteiger partial charge in [-0.1, -0.05) is 12.1 Å². The first-order valence-corrected chi connectivity index (χ1v) is 9.11. The molecule has 130 valence electrons.